The second-order valence-corrected chi connectivity index (χ2v) is 5.78. The summed E-state index contributed by atoms with van der Waals surface area (Å²) in [7, 11) is 1.59. The Bertz CT molecular complexity index is 925. The van der Waals surface area contributed by atoms with E-state index in [1.54, 1.807) is 31.4 Å². The second kappa shape index (κ2) is 9.28. The van der Waals surface area contributed by atoms with Gasteiger partial charge in [-0.15, -0.1) is 5.10 Å². The van der Waals surface area contributed by atoms with Gasteiger partial charge in [0, 0.05) is 5.69 Å². The minimum Gasteiger partial charge on any atom is -0.497 e. The lowest BCUT2D eigenvalue weighted by Crippen LogP contribution is -2.24. The largest absolute Gasteiger partial charge is 0.497 e. The van der Waals surface area contributed by atoms with Crippen molar-refractivity contribution in [3.05, 3.63) is 72.1 Å². The van der Waals surface area contributed by atoms with E-state index in [4.69, 9.17) is 9.57 Å². The predicted molar refractivity (Wildman–Crippen MR) is 100 cm³/mol. The SMILES string of the molecule is COc1ccc(CONC(=O)c2cn(CC(=O)Nc3ccccc3)nn2)cc1. The lowest BCUT2D eigenvalue weighted by molar-refractivity contribution is -0.116. The van der Waals surface area contributed by atoms with Gasteiger partial charge in [-0.3, -0.25) is 14.4 Å². The molecule has 0 radical (unpaired) electrons. The van der Waals surface area contributed by atoms with E-state index in [1.807, 2.05) is 30.3 Å². The van der Waals surface area contributed by atoms with Gasteiger partial charge in [0.15, 0.2) is 5.69 Å². The summed E-state index contributed by atoms with van der Waals surface area (Å²) in [6.45, 7) is 0.116. The topological polar surface area (TPSA) is 107 Å². The Hall–Kier alpha value is -3.72. The van der Waals surface area contributed by atoms with E-state index in [2.05, 4.69) is 21.1 Å². The van der Waals surface area contributed by atoms with Crippen molar-refractivity contribution in [1.29, 1.82) is 0 Å². The highest BCUT2D eigenvalue weighted by atomic mass is 16.6. The molecule has 2 N–H and O–H groups in total. The zero-order valence-electron chi connectivity index (χ0n) is 15.2. The van der Waals surface area contributed by atoms with Gasteiger partial charge < -0.3 is 10.1 Å². The van der Waals surface area contributed by atoms with E-state index in [0.717, 1.165) is 11.3 Å². The quantitative estimate of drug-likeness (QED) is 0.576. The Kier molecular flexibility index (Phi) is 6.32. The van der Waals surface area contributed by atoms with Gasteiger partial charge in [0.25, 0.3) is 5.91 Å². The molecule has 0 spiro atoms. The fourth-order valence-electron chi connectivity index (χ4n) is 2.31. The number of ether oxygens (including phenoxy) is 1. The van der Waals surface area contributed by atoms with Crippen molar-refractivity contribution in [3.63, 3.8) is 0 Å². The number of anilines is 1. The van der Waals surface area contributed by atoms with Crippen molar-refractivity contribution in [3.8, 4) is 5.75 Å². The summed E-state index contributed by atoms with van der Waals surface area (Å²) in [5.74, 6) is -0.0947. The van der Waals surface area contributed by atoms with Gasteiger partial charge in [0.1, 0.15) is 12.3 Å². The number of nitrogens with one attached hydrogen (secondary N) is 2. The number of benzene rings is 2. The summed E-state index contributed by atoms with van der Waals surface area (Å²) in [6.07, 6.45) is 1.37. The van der Waals surface area contributed by atoms with Crippen LogP contribution in [-0.2, 0) is 22.8 Å². The Morgan fingerprint density at radius 3 is 2.54 bits per heavy atom. The number of aromatic nitrogens is 3. The number of nitrogens with zero attached hydrogens (tertiary/aromatic N) is 3. The zero-order chi connectivity index (χ0) is 19.8. The fraction of sp³-hybridized carbons (Fsp3) is 0.158. The number of para-hydroxylation sites is 1. The number of amides is 2. The fourth-order valence-corrected chi connectivity index (χ4v) is 2.31. The Morgan fingerprint density at radius 2 is 1.82 bits per heavy atom. The standard InChI is InChI=1S/C19H19N5O4/c1-27-16-9-7-14(8-10-16)13-28-22-19(26)17-11-24(23-21-17)12-18(25)20-15-5-3-2-4-6-15/h2-11H,12-13H2,1H3,(H,20,25)(H,22,26). The van der Waals surface area contributed by atoms with Crippen molar-refractivity contribution >= 4 is 17.5 Å². The highest BCUT2D eigenvalue weighted by Crippen LogP contribution is 2.11. The van der Waals surface area contributed by atoms with Crippen LogP contribution in [0.15, 0.2) is 60.8 Å². The van der Waals surface area contributed by atoms with E-state index < -0.39 is 5.91 Å². The van der Waals surface area contributed by atoms with Crippen molar-refractivity contribution < 1.29 is 19.2 Å². The van der Waals surface area contributed by atoms with Gasteiger partial charge in [0.05, 0.1) is 19.9 Å². The molecule has 0 saturated carbocycles. The van der Waals surface area contributed by atoms with E-state index in [0.29, 0.717) is 5.69 Å². The number of rotatable bonds is 8. The predicted octanol–water partition coefficient (Wildman–Crippen LogP) is 1.79. The van der Waals surface area contributed by atoms with Gasteiger partial charge in [-0.1, -0.05) is 35.5 Å². The highest BCUT2D eigenvalue weighted by molar-refractivity contribution is 5.92. The van der Waals surface area contributed by atoms with Gasteiger partial charge in [0.2, 0.25) is 5.91 Å². The average molecular weight is 381 g/mol. The molecule has 0 fully saturated rings. The first-order valence-corrected chi connectivity index (χ1v) is 8.44. The van der Waals surface area contributed by atoms with Crippen LogP contribution < -0.4 is 15.5 Å². The van der Waals surface area contributed by atoms with Gasteiger partial charge in [-0.25, -0.2) is 10.2 Å². The molecular weight excluding hydrogens is 362 g/mol. The van der Waals surface area contributed by atoms with Crippen LogP contribution in [0.25, 0.3) is 0 Å². The minimum atomic E-state index is -0.553. The van der Waals surface area contributed by atoms with E-state index in [-0.39, 0.29) is 24.8 Å². The van der Waals surface area contributed by atoms with Crippen LogP contribution in [0.4, 0.5) is 5.69 Å². The molecule has 0 aliphatic rings. The average Bonchev–Trinajstić information content (AvgIpc) is 3.17. The van der Waals surface area contributed by atoms with Gasteiger partial charge in [-0.05, 0) is 29.8 Å². The van der Waals surface area contributed by atoms with E-state index in [9.17, 15) is 9.59 Å². The molecule has 1 aromatic heterocycles. The first kappa shape index (κ1) is 19.1. The smallest absolute Gasteiger partial charge is 0.297 e. The molecule has 2 aromatic carbocycles. The summed E-state index contributed by atoms with van der Waals surface area (Å²) in [4.78, 5) is 29.2. The molecule has 0 saturated heterocycles. The lowest BCUT2D eigenvalue weighted by Gasteiger charge is -2.05. The molecule has 9 nitrogen and oxygen atoms in total. The molecule has 0 atom stereocenters. The first-order chi connectivity index (χ1) is 13.6. The van der Waals surface area contributed by atoms with E-state index >= 15 is 0 Å². The molecule has 0 aliphatic carbocycles. The highest BCUT2D eigenvalue weighted by Gasteiger charge is 2.12. The number of hydrogen-bond acceptors (Lipinski definition) is 6. The third kappa shape index (κ3) is 5.39. The van der Waals surface area contributed by atoms with Gasteiger partial charge in [-0.2, -0.15) is 0 Å². The normalized spacial score (nSPS) is 10.3. The Labute approximate surface area is 161 Å². The third-order valence-electron chi connectivity index (χ3n) is 3.70. The van der Waals surface area contributed by atoms with Crippen molar-refractivity contribution in [2.45, 2.75) is 13.2 Å². The van der Waals surface area contributed by atoms with Crippen molar-refractivity contribution in [2.24, 2.45) is 0 Å². The third-order valence-corrected chi connectivity index (χ3v) is 3.70. The van der Waals surface area contributed by atoms with Crippen LogP contribution in [0.2, 0.25) is 0 Å². The zero-order valence-corrected chi connectivity index (χ0v) is 15.2. The molecule has 0 bridgehead atoms. The maximum atomic E-state index is 12.1. The maximum Gasteiger partial charge on any atom is 0.297 e. The van der Waals surface area contributed by atoms with E-state index in [1.165, 1.54) is 10.9 Å². The molecule has 0 unspecified atom stereocenters. The van der Waals surface area contributed by atoms with Crippen LogP contribution >= 0.6 is 0 Å². The van der Waals surface area contributed by atoms with Gasteiger partial charge >= 0.3 is 0 Å². The summed E-state index contributed by atoms with van der Waals surface area (Å²) in [5.41, 5.74) is 3.88. The molecule has 0 aliphatic heterocycles. The van der Waals surface area contributed by atoms with Crippen LogP contribution in [0.1, 0.15) is 16.1 Å². The molecule has 1 heterocycles. The molecule has 28 heavy (non-hydrogen) atoms. The van der Waals surface area contributed by atoms with Crippen molar-refractivity contribution in [1.82, 2.24) is 20.5 Å². The molecule has 2 amide bonds. The summed E-state index contributed by atoms with van der Waals surface area (Å²) >= 11 is 0. The number of hydrogen-bond donors (Lipinski definition) is 2. The van der Waals surface area contributed by atoms with Crippen LogP contribution in [0.5, 0.6) is 5.75 Å². The number of hydroxylamine groups is 1. The second-order valence-electron chi connectivity index (χ2n) is 5.78. The van der Waals surface area contributed by atoms with Crippen molar-refractivity contribution in [2.75, 3.05) is 12.4 Å². The Morgan fingerprint density at radius 1 is 1.07 bits per heavy atom. The molecular formula is C19H19N5O4. The molecule has 3 aromatic rings. The summed E-state index contributed by atoms with van der Waals surface area (Å²) in [5, 5.41) is 10.3. The summed E-state index contributed by atoms with van der Waals surface area (Å²) < 4.78 is 6.35. The van der Waals surface area contributed by atoms with Crippen LogP contribution in [0, 0.1) is 0 Å². The maximum absolute atomic E-state index is 12.1. The summed E-state index contributed by atoms with van der Waals surface area (Å²) in [6, 6.07) is 16.3. The number of methoxy groups -OCH3 is 1. The van der Waals surface area contributed by atoms with Crippen LogP contribution in [-0.4, -0.2) is 33.9 Å². The minimum absolute atomic E-state index is 0.0437. The molecule has 9 heteroatoms. The molecule has 144 valence electrons. The number of carbonyl (C=O) groups is 2. The lowest BCUT2D eigenvalue weighted by atomic mass is 10.2. The first-order valence-electron chi connectivity index (χ1n) is 8.44. The molecule has 3 rings (SSSR count). The van der Waals surface area contributed by atoms with Crippen LogP contribution in [0.3, 0.4) is 0 Å². The number of carbonyl (C=O) groups excluding carboxylic acids is 2. The monoisotopic (exact) mass is 381 g/mol. The Balaban J connectivity index is 1.46.